The average Bonchev–Trinajstić information content (AvgIpc) is 2.18. The van der Waals surface area contributed by atoms with Crippen molar-refractivity contribution < 1.29 is 4.39 Å². The predicted octanol–water partition coefficient (Wildman–Crippen LogP) is 2.91. The van der Waals surface area contributed by atoms with Gasteiger partial charge >= 0.3 is 0 Å². The second kappa shape index (κ2) is 3.63. The van der Waals surface area contributed by atoms with Crippen LogP contribution < -0.4 is 5.73 Å². The van der Waals surface area contributed by atoms with E-state index in [1.807, 2.05) is 18.2 Å². The van der Waals surface area contributed by atoms with E-state index in [1.165, 1.54) is 0 Å². The molecule has 14 heavy (non-hydrogen) atoms. The largest absolute Gasteiger partial charge is 0.327 e. The topological polar surface area (TPSA) is 26.0 Å². The molecule has 1 nitrogen and oxygen atoms in total. The summed E-state index contributed by atoms with van der Waals surface area (Å²) in [6.45, 7) is 0.0720. The molecule has 0 amide bonds. The molecular formula is C11H13BrFN. The maximum atomic E-state index is 14.4. The van der Waals surface area contributed by atoms with Crippen molar-refractivity contribution in [3.05, 3.63) is 33.8 Å². The molecule has 1 aromatic carbocycles. The molecule has 0 heterocycles. The number of hydrogen-bond acceptors (Lipinski definition) is 1. The highest BCUT2D eigenvalue weighted by Crippen LogP contribution is 2.41. The molecule has 1 aliphatic rings. The van der Waals surface area contributed by atoms with Gasteiger partial charge in [0.05, 0.1) is 0 Å². The van der Waals surface area contributed by atoms with Crippen LogP contribution in [0.3, 0.4) is 0 Å². The first-order chi connectivity index (χ1) is 6.67. The van der Waals surface area contributed by atoms with Crippen molar-refractivity contribution in [2.75, 3.05) is 6.54 Å². The van der Waals surface area contributed by atoms with E-state index in [-0.39, 0.29) is 6.54 Å². The van der Waals surface area contributed by atoms with E-state index in [9.17, 15) is 4.39 Å². The third-order valence-electron chi connectivity index (χ3n) is 2.89. The first-order valence-electron chi connectivity index (χ1n) is 4.84. The predicted molar refractivity (Wildman–Crippen MR) is 58.9 cm³/mol. The van der Waals surface area contributed by atoms with Gasteiger partial charge < -0.3 is 5.73 Å². The van der Waals surface area contributed by atoms with Crippen LogP contribution in [0.15, 0.2) is 22.7 Å². The number of aryl methyl sites for hydroxylation is 1. The maximum Gasteiger partial charge on any atom is 0.149 e. The summed E-state index contributed by atoms with van der Waals surface area (Å²) in [7, 11) is 0. The molecule has 1 aromatic rings. The van der Waals surface area contributed by atoms with Crippen LogP contribution in [0.2, 0.25) is 0 Å². The normalized spacial score (nSPS) is 25.9. The Kier molecular flexibility index (Phi) is 2.62. The van der Waals surface area contributed by atoms with Crippen LogP contribution in [-0.2, 0) is 12.1 Å². The van der Waals surface area contributed by atoms with Gasteiger partial charge in [-0.3, -0.25) is 0 Å². The van der Waals surface area contributed by atoms with Crippen molar-refractivity contribution in [1.82, 2.24) is 0 Å². The van der Waals surface area contributed by atoms with E-state index in [1.54, 1.807) is 0 Å². The fraction of sp³-hybridized carbons (Fsp3) is 0.455. The summed E-state index contributed by atoms with van der Waals surface area (Å²) in [6.07, 6.45) is 2.39. The molecule has 2 rings (SSSR count). The fourth-order valence-electron chi connectivity index (χ4n) is 2.17. The molecule has 0 aliphatic heterocycles. The van der Waals surface area contributed by atoms with Crippen LogP contribution in [0.25, 0.3) is 0 Å². The highest BCUT2D eigenvalue weighted by molar-refractivity contribution is 9.10. The summed E-state index contributed by atoms with van der Waals surface area (Å²) in [6, 6.07) is 5.82. The maximum absolute atomic E-state index is 14.4. The van der Waals surface area contributed by atoms with Crippen LogP contribution in [0.5, 0.6) is 0 Å². The van der Waals surface area contributed by atoms with Crippen molar-refractivity contribution in [2.24, 2.45) is 5.73 Å². The Bertz CT molecular complexity index is 353. The number of hydrogen-bond donors (Lipinski definition) is 1. The molecule has 1 aliphatic carbocycles. The molecule has 0 bridgehead atoms. The zero-order valence-electron chi connectivity index (χ0n) is 7.89. The average molecular weight is 258 g/mol. The lowest BCUT2D eigenvalue weighted by atomic mass is 9.80. The van der Waals surface area contributed by atoms with E-state index in [0.717, 1.165) is 28.4 Å². The monoisotopic (exact) mass is 257 g/mol. The molecule has 0 fully saturated rings. The minimum atomic E-state index is -1.33. The Labute approximate surface area is 91.6 Å². The summed E-state index contributed by atoms with van der Waals surface area (Å²) in [4.78, 5) is 0. The number of fused-ring (bicyclic) bond motifs is 1. The second-order valence-corrected chi connectivity index (χ2v) is 4.65. The van der Waals surface area contributed by atoms with Crippen LogP contribution in [0.4, 0.5) is 4.39 Å². The Morgan fingerprint density at radius 3 is 3.00 bits per heavy atom. The first kappa shape index (κ1) is 10.1. The quantitative estimate of drug-likeness (QED) is 0.823. The van der Waals surface area contributed by atoms with Crippen LogP contribution in [-0.4, -0.2) is 6.54 Å². The van der Waals surface area contributed by atoms with E-state index >= 15 is 0 Å². The molecular weight excluding hydrogens is 245 g/mol. The number of alkyl halides is 1. The number of rotatable bonds is 1. The summed E-state index contributed by atoms with van der Waals surface area (Å²) in [5.41, 5.74) is 6.07. The zero-order valence-corrected chi connectivity index (χ0v) is 9.48. The summed E-state index contributed by atoms with van der Waals surface area (Å²) in [5, 5.41) is 0. The lowest BCUT2D eigenvalue weighted by Gasteiger charge is -2.31. The molecule has 76 valence electrons. The minimum absolute atomic E-state index is 0.0720. The fourth-order valence-corrected chi connectivity index (χ4v) is 2.93. The summed E-state index contributed by atoms with van der Waals surface area (Å²) in [5.74, 6) is 0. The molecule has 0 saturated heterocycles. The molecule has 0 aromatic heterocycles. The summed E-state index contributed by atoms with van der Waals surface area (Å²) >= 11 is 3.40. The Balaban J connectivity index is 2.58. The molecule has 0 saturated carbocycles. The highest BCUT2D eigenvalue weighted by Gasteiger charge is 2.36. The Morgan fingerprint density at radius 2 is 2.29 bits per heavy atom. The van der Waals surface area contributed by atoms with E-state index in [0.29, 0.717) is 6.42 Å². The van der Waals surface area contributed by atoms with E-state index in [2.05, 4.69) is 15.9 Å². The van der Waals surface area contributed by atoms with E-state index in [4.69, 9.17) is 5.73 Å². The van der Waals surface area contributed by atoms with Gasteiger partial charge in [0.25, 0.3) is 0 Å². The first-order valence-corrected chi connectivity index (χ1v) is 5.63. The standard InChI is InChI=1S/C11H13BrFN/c12-9-5-1-3-8-4-2-6-11(13,7-14)10(8)9/h1,3,5H,2,4,6-7,14H2. The number of halogens is 2. The molecule has 2 N–H and O–H groups in total. The Hall–Kier alpha value is -0.410. The van der Waals surface area contributed by atoms with Crippen molar-refractivity contribution in [1.29, 1.82) is 0 Å². The number of nitrogens with two attached hydrogens (primary N) is 1. The van der Waals surface area contributed by atoms with Gasteiger partial charge in [0.15, 0.2) is 0 Å². The van der Waals surface area contributed by atoms with Gasteiger partial charge in [-0.2, -0.15) is 0 Å². The molecule has 0 spiro atoms. The lowest BCUT2D eigenvalue weighted by Crippen LogP contribution is -2.34. The summed E-state index contributed by atoms with van der Waals surface area (Å²) < 4.78 is 15.2. The molecule has 0 radical (unpaired) electrons. The van der Waals surface area contributed by atoms with Crippen molar-refractivity contribution in [3.8, 4) is 0 Å². The molecule has 1 unspecified atom stereocenters. The van der Waals surface area contributed by atoms with Gasteiger partial charge in [0, 0.05) is 16.6 Å². The lowest BCUT2D eigenvalue weighted by molar-refractivity contribution is 0.146. The second-order valence-electron chi connectivity index (χ2n) is 3.80. The van der Waals surface area contributed by atoms with Gasteiger partial charge in [-0.15, -0.1) is 0 Å². The van der Waals surface area contributed by atoms with Gasteiger partial charge in [0.1, 0.15) is 5.67 Å². The van der Waals surface area contributed by atoms with Crippen molar-refractivity contribution in [3.63, 3.8) is 0 Å². The Morgan fingerprint density at radius 1 is 1.50 bits per heavy atom. The molecule has 1 atom stereocenters. The third-order valence-corrected chi connectivity index (χ3v) is 3.55. The van der Waals surface area contributed by atoms with Gasteiger partial charge in [-0.25, -0.2) is 4.39 Å². The van der Waals surface area contributed by atoms with E-state index < -0.39 is 5.67 Å². The van der Waals surface area contributed by atoms with Gasteiger partial charge in [-0.05, 0) is 30.9 Å². The van der Waals surface area contributed by atoms with Crippen LogP contribution in [0, 0.1) is 0 Å². The van der Waals surface area contributed by atoms with Crippen molar-refractivity contribution >= 4 is 15.9 Å². The third kappa shape index (κ3) is 1.48. The SMILES string of the molecule is NCC1(F)CCCc2cccc(Br)c21. The van der Waals surface area contributed by atoms with Crippen LogP contribution >= 0.6 is 15.9 Å². The highest BCUT2D eigenvalue weighted by atomic mass is 79.9. The zero-order chi connectivity index (χ0) is 10.2. The minimum Gasteiger partial charge on any atom is -0.327 e. The van der Waals surface area contributed by atoms with Gasteiger partial charge in [0.2, 0.25) is 0 Å². The van der Waals surface area contributed by atoms with Gasteiger partial charge in [-0.1, -0.05) is 28.1 Å². The van der Waals surface area contributed by atoms with Crippen molar-refractivity contribution in [2.45, 2.75) is 24.9 Å². The molecule has 3 heteroatoms. The number of benzene rings is 1. The smallest absolute Gasteiger partial charge is 0.149 e. The van der Waals surface area contributed by atoms with Crippen LogP contribution in [0.1, 0.15) is 24.0 Å².